The number of likely N-dealkylation sites (tertiary alicyclic amines) is 1. The quantitative estimate of drug-likeness (QED) is 0.753. The van der Waals surface area contributed by atoms with Gasteiger partial charge in [-0.15, -0.1) is 0 Å². The Morgan fingerprint density at radius 3 is 2.88 bits per heavy atom. The molecule has 0 unspecified atom stereocenters. The summed E-state index contributed by atoms with van der Waals surface area (Å²) in [6.07, 6.45) is 4.59. The van der Waals surface area contributed by atoms with Crippen LogP contribution in [0.2, 0.25) is 0 Å². The van der Waals surface area contributed by atoms with E-state index in [9.17, 15) is 9.90 Å². The summed E-state index contributed by atoms with van der Waals surface area (Å²) in [5.41, 5.74) is -0.0119. The molecule has 0 aromatic heterocycles. The van der Waals surface area contributed by atoms with Gasteiger partial charge in [-0.3, -0.25) is 9.69 Å². The van der Waals surface area contributed by atoms with Crippen molar-refractivity contribution in [1.82, 2.24) is 4.90 Å². The maximum absolute atomic E-state index is 11.0. The number of hydrogen-bond donors (Lipinski definition) is 2. The van der Waals surface area contributed by atoms with Crippen molar-refractivity contribution in [2.24, 2.45) is 11.3 Å². The van der Waals surface area contributed by atoms with E-state index in [2.05, 4.69) is 0 Å². The molecule has 16 heavy (non-hydrogen) atoms. The summed E-state index contributed by atoms with van der Waals surface area (Å²) in [4.78, 5) is 13.0. The Labute approximate surface area is 96.3 Å². The van der Waals surface area contributed by atoms with Crippen molar-refractivity contribution in [3.8, 4) is 0 Å². The number of carboxylic acids is 1. The van der Waals surface area contributed by atoms with E-state index in [1.807, 2.05) is 4.90 Å². The summed E-state index contributed by atoms with van der Waals surface area (Å²) >= 11 is 0. The third kappa shape index (κ3) is 1.84. The average Bonchev–Trinajstić information content (AvgIpc) is 2.67. The van der Waals surface area contributed by atoms with E-state index >= 15 is 0 Å². The van der Waals surface area contributed by atoms with Gasteiger partial charge in [0.2, 0.25) is 0 Å². The molecule has 92 valence electrons. The third-order valence-corrected chi connectivity index (χ3v) is 4.54. The van der Waals surface area contributed by atoms with Gasteiger partial charge in [0.25, 0.3) is 0 Å². The molecule has 3 atom stereocenters. The Hall–Kier alpha value is -0.610. The highest BCUT2D eigenvalue weighted by atomic mass is 16.4. The first-order chi connectivity index (χ1) is 7.59. The average molecular weight is 227 g/mol. The minimum Gasteiger partial charge on any atom is -0.480 e. The van der Waals surface area contributed by atoms with Gasteiger partial charge in [-0.1, -0.05) is 12.8 Å². The van der Waals surface area contributed by atoms with E-state index in [1.165, 1.54) is 12.8 Å². The van der Waals surface area contributed by atoms with Gasteiger partial charge in [0.05, 0.1) is 6.61 Å². The second-order valence-electron chi connectivity index (χ2n) is 5.41. The van der Waals surface area contributed by atoms with Gasteiger partial charge in [0.1, 0.15) is 6.04 Å². The topological polar surface area (TPSA) is 60.8 Å². The summed E-state index contributed by atoms with van der Waals surface area (Å²) < 4.78 is 0. The predicted molar refractivity (Wildman–Crippen MR) is 60.1 cm³/mol. The molecule has 2 aliphatic rings. The summed E-state index contributed by atoms with van der Waals surface area (Å²) in [6.45, 7) is 3.54. The predicted octanol–water partition coefficient (Wildman–Crippen LogP) is 0.944. The second kappa shape index (κ2) is 4.34. The van der Waals surface area contributed by atoms with Crippen molar-refractivity contribution < 1.29 is 15.0 Å². The third-order valence-electron chi connectivity index (χ3n) is 4.54. The van der Waals surface area contributed by atoms with Crippen LogP contribution in [0.5, 0.6) is 0 Å². The molecule has 1 aliphatic carbocycles. The largest absolute Gasteiger partial charge is 0.480 e. The van der Waals surface area contributed by atoms with Crippen LogP contribution in [-0.2, 0) is 4.79 Å². The molecular weight excluding hydrogens is 206 g/mol. The van der Waals surface area contributed by atoms with Gasteiger partial charge in [0.15, 0.2) is 0 Å². The number of nitrogens with zero attached hydrogens (tertiary/aromatic N) is 1. The Kier molecular flexibility index (Phi) is 3.22. The Morgan fingerprint density at radius 1 is 1.56 bits per heavy atom. The number of rotatable bonds is 3. The first kappa shape index (κ1) is 11.9. The number of carboxylic acid groups (broad SMARTS) is 1. The van der Waals surface area contributed by atoms with Gasteiger partial charge in [-0.05, 0) is 25.7 Å². The van der Waals surface area contributed by atoms with E-state index in [-0.39, 0.29) is 12.0 Å². The van der Waals surface area contributed by atoms with Crippen molar-refractivity contribution >= 4 is 5.97 Å². The Morgan fingerprint density at radius 2 is 2.31 bits per heavy atom. The SMILES string of the molecule is C[C@H](C(=O)O)N1C[C@@H]2CCCC[C@]2(CO)C1. The van der Waals surface area contributed by atoms with Crippen molar-refractivity contribution in [1.29, 1.82) is 0 Å². The van der Waals surface area contributed by atoms with E-state index in [4.69, 9.17) is 5.11 Å². The Bertz CT molecular complexity index is 281. The van der Waals surface area contributed by atoms with Crippen LogP contribution in [0.25, 0.3) is 0 Å². The van der Waals surface area contributed by atoms with Crippen LogP contribution in [-0.4, -0.2) is 46.8 Å². The molecule has 1 heterocycles. The molecule has 2 fully saturated rings. The highest BCUT2D eigenvalue weighted by Crippen LogP contribution is 2.46. The fourth-order valence-electron chi connectivity index (χ4n) is 3.33. The first-order valence-electron chi connectivity index (χ1n) is 6.17. The molecule has 0 radical (unpaired) electrons. The molecule has 1 saturated carbocycles. The fourth-order valence-corrected chi connectivity index (χ4v) is 3.33. The molecule has 0 bridgehead atoms. The molecule has 1 aliphatic heterocycles. The van der Waals surface area contributed by atoms with Gasteiger partial charge < -0.3 is 10.2 Å². The number of aliphatic carboxylic acids is 1. The van der Waals surface area contributed by atoms with Crippen molar-refractivity contribution in [2.45, 2.75) is 38.6 Å². The highest BCUT2D eigenvalue weighted by Gasteiger charge is 2.48. The van der Waals surface area contributed by atoms with Crippen LogP contribution in [0.3, 0.4) is 0 Å². The lowest BCUT2D eigenvalue weighted by molar-refractivity contribution is -0.142. The molecule has 0 spiro atoms. The maximum atomic E-state index is 11.0. The lowest BCUT2D eigenvalue weighted by atomic mass is 9.69. The molecule has 2 rings (SSSR count). The molecule has 0 aromatic rings. The van der Waals surface area contributed by atoms with Gasteiger partial charge in [0, 0.05) is 18.5 Å². The zero-order valence-corrected chi connectivity index (χ0v) is 9.85. The molecule has 4 nitrogen and oxygen atoms in total. The molecule has 1 saturated heterocycles. The molecule has 0 aromatic carbocycles. The number of hydrogen-bond acceptors (Lipinski definition) is 3. The van der Waals surface area contributed by atoms with Crippen molar-refractivity contribution in [3.63, 3.8) is 0 Å². The highest BCUT2D eigenvalue weighted by molar-refractivity contribution is 5.72. The van der Waals surface area contributed by atoms with E-state index in [1.54, 1.807) is 6.92 Å². The van der Waals surface area contributed by atoms with Crippen LogP contribution in [0, 0.1) is 11.3 Å². The second-order valence-corrected chi connectivity index (χ2v) is 5.41. The number of carbonyl (C=O) groups is 1. The zero-order valence-electron chi connectivity index (χ0n) is 9.85. The smallest absolute Gasteiger partial charge is 0.320 e. The molecule has 4 heteroatoms. The monoisotopic (exact) mass is 227 g/mol. The number of aliphatic hydroxyl groups is 1. The summed E-state index contributed by atoms with van der Waals surface area (Å²) in [5, 5.41) is 18.6. The lowest BCUT2D eigenvalue weighted by Crippen LogP contribution is -2.40. The minimum atomic E-state index is -0.758. The summed E-state index contributed by atoms with van der Waals surface area (Å²) in [7, 11) is 0. The maximum Gasteiger partial charge on any atom is 0.320 e. The van der Waals surface area contributed by atoms with Crippen LogP contribution in [0.4, 0.5) is 0 Å². The van der Waals surface area contributed by atoms with E-state index < -0.39 is 12.0 Å². The fraction of sp³-hybridized carbons (Fsp3) is 0.917. The first-order valence-corrected chi connectivity index (χ1v) is 6.17. The van der Waals surface area contributed by atoms with Crippen molar-refractivity contribution in [3.05, 3.63) is 0 Å². The summed E-state index contributed by atoms with van der Waals surface area (Å²) in [5.74, 6) is -0.264. The number of aliphatic hydroxyl groups excluding tert-OH is 1. The van der Waals surface area contributed by atoms with E-state index in [0.29, 0.717) is 5.92 Å². The normalized spacial score (nSPS) is 37.0. The van der Waals surface area contributed by atoms with Gasteiger partial charge >= 0.3 is 5.97 Å². The van der Waals surface area contributed by atoms with Crippen LogP contribution < -0.4 is 0 Å². The van der Waals surface area contributed by atoms with E-state index in [0.717, 1.165) is 25.9 Å². The minimum absolute atomic E-state index is 0.0119. The van der Waals surface area contributed by atoms with Gasteiger partial charge in [-0.2, -0.15) is 0 Å². The van der Waals surface area contributed by atoms with Crippen LogP contribution in [0.1, 0.15) is 32.6 Å². The molecule has 0 amide bonds. The van der Waals surface area contributed by atoms with Crippen LogP contribution in [0.15, 0.2) is 0 Å². The van der Waals surface area contributed by atoms with Crippen LogP contribution >= 0.6 is 0 Å². The molecule has 2 N–H and O–H groups in total. The number of fused-ring (bicyclic) bond motifs is 1. The Balaban J connectivity index is 2.10. The standard InChI is InChI=1S/C12H21NO3/c1-9(11(15)16)13-6-10-4-2-3-5-12(10,7-13)8-14/h9-10,14H,2-8H2,1H3,(H,15,16)/t9-,10+,12-/m1/s1. The van der Waals surface area contributed by atoms with Crippen molar-refractivity contribution in [2.75, 3.05) is 19.7 Å². The zero-order chi connectivity index (χ0) is 11.8. The summed E-state index contributed by atoms with van der Waals surface area (Å²) in [6, 6.07) is -0.422. The van der Waals surface area contributed by atoms with Gasteiger partial charge in [-0.25, -0.2) is 0 Å². The lowest BCUT2D eigenvalue weighted by Gasteiger charge is -2.37. The molecular formula is C12H21NO3.